The highest BCUT2D eigenvalue weighted by Crippen LogP contribution is 2.17. The lowest BCUT2D eigenvalue weighted by molar-refractivity contribution is -0.141. The largest absolute Gasteiger partial charge is 0.480 e. The van der Waals surface area contributed by atoms with E-state index in [4.69, 9.17) is 5.11 Å². The van der Waals surface area contributed by atoms with Crippen LogP contribution in [0.1, 0.15) is 19.8 Å². The molecular formula is C9H13NO3. The molecule has 2 N–H and O–H groups in total. The van der Waals surface area contributed by atoms with Crippen LogP contribution < -0.4 is 5.32 Å². The third-order valence-corrected chi connectivity index (χ3v) is 2.11. The molecule has 0 unspecified atom stereocenters. The van der Waals surface area contributed by atoms with Gasteiger partial charge in [-0.2, -0.15) is 0 Å². The Hall–Kier alpha value is -1.32. The molecule has 0 aromatic carbocycles. The first-order chi connectivity index (χ1) is 6.11. The molecule has 4 heteroatoms. The highest BCUT2D eigenvalue weighted by molar-refractivity contribution is 5.85. The van der Waals surface area contributed by atoms with Crippen LogP contribution in [-0.4, -0.2) is 23.0 Å². The van der Waals surface area contributed by atoms with Crippen molar-refractivity contribution in [1.82, 2.24) is 5.32 Å². The Morgan fingerprint density at radius 2 is 2.00 bits per heavy atom. The molecule has 0 heterocycles. The van der Waals surface area contributed by atoms with Gasteiger partial charge >= 0.3 is 5.97 Å². The first-order valence-electron chi connectivity index (χ1n) is 4.29. The van der Waals surface area contributed by atoms with Gasteiger partial charge in [0.25, 0.3) is 0 Å². The van der Waals surface area contributed by atoms with Gasteiger partial charge in [0.05, 0.1) is 0 Å². The first kappa shape index (κ1) is 9.77. The molecule has 4 nitrogen and oxygen atoms in total. The predicted octanol–water partition coefficient (Wildman–Crippen LogP) is 0.542. The smallest absolute Gasteiger partial charge is 0.325 e. The van der Waals surface area contributed by atoms with Gasteiger partial charge in [-0.25, -0.2) is 0 Å². The minimum atomic E-state index is -1.00. The van der Waals surface area contributed by atoms with E-state index in [9.17, 15) is 9.59 Å². The maximum atomic E-state index is 11.3. The molecule has 0 fully saturated rings. The number of nitrogens with one attached hydrogen (secondary N) is 1. The van der Waals surface area contributed by atoms with E-state index in [0.717, 1.165) is 12.8 Å². The molecule has 1 amide bonds. The number of hydrogen-bond acceptors (Lipinski definition) is 2. The van der Waals surface area contributed by atoms with Gasteiger partial charge in [0, 0.05) is 5.92 Å². The van der Waals surface area contributed by atoms with Crippen molar-refractivity contribution in [2.45, 2.75) is 25.8 Å². The number of amides is 1. The zero-order valence-corrected chi connectivity index (χ0v) is 7.49. The second-order valence-electron chi connectivity index (χ2n) is 3.21. The molecule has 0 aromatic heterocycles. The zero-order chi connectivity index (χ0) is 9.84. The summed E-state index contributed by atoms with van der Waals surface area (Å²) in [6.45, 7) is 1.46. The molecule has 0 saturated carbocycles. The van der Waals surface area contributed by atoms with Gasteiger partial charge < -0.3 is 10.4 Å². The van der Waals surface area contributed by atoms with Crippen LogP contribution in [0.5, 0.6) is 0 Å². The molecule has 13 heavy (non-hydrogen) atoms. The molecule has 0 saturated heterocycles. The summed E-state index contributed by atoms with van der Waals surface area (Å²) < 4.78 is 0. The number of carbonyl (C=O) groups excluding carboxylic acids is 1. The maximum Gasteiger partial charge on any atom is 0.325 e. The molecule has 1 atom stereocenters. The quantitative estimate of drug-likeness (QED) is 0.627. The Labute approximate surface area is 76.6 Å². The topological polar surface area (TPSA) is 66.4 Å². The molecule has 0 bridgehead atoms. The van der Waals surface area contributed by atoms with Crippen LogP contribution in [-0.2, 0) is 9.59 Å². The van der Waals surface area contributed by atoms with Crippen molar-refractivity contribution < 1.29 is 14.7 Å². The van der Waals surface area contributed by atoms with Gasteiger partial charge in [0.1, 0.15) is 6.04 Å². The highest BCUT2D eigenvalue weighted by Gasteiger charge is 2.22. The van der Waals surface area contributed by atoms with Crippen molar-refractivity contribution in [1.29, 1.82) is 0 Å². The standard InChI is InChI=1S/C9H13NO3/c1-6(9(12)13)10-8(11)7-4-2-3-5-7/h2-3,6-7H,4-5H2,1H3,(H,10,11)(H,12,13)/t6-/m1/s1. The average molecular weight is 183 g/mol. The second kappa shape index (κ2) is 4.07. The van der Waals surface area contributed by atoms with Crippen LogP contribution in [0, 0.1) is 5.92 Å². The molecule has 1 aliphatic rings. The van der Waals surface area contributed by atoms with Crippen LogP contribution in [0.25, 0.3) is 0 Å². The number of aliphatic carboxylic acids is 1. The number of carboxylic acids is 1. The minimum absolute atomic E-state index is 0.0678. The summed E-state index contributed by atoms with van der Waals surface area (Å²) in [7, 11) is 0. The number of rotatable bonds is 3. The SMILES string of the molecule is C[C@@H](NC(=O)C1CC=CC1)C(=O)O. The number of carboxylic acid groups (broad SMARTS) is 1. The van der Waals surface area contributed by atoms with E-state index >= 15 is 0 Å². The van der Waals surface area contributed by atoms with Crippen LogP contribution in [0.4, 0.5) is 0 Å². The molecule has 0 aromatic rings. The summed E-state index contributed by atoms with van der Waals surface area (Å²) in [6, 6.07) is -0.798. The van der Waals surface area contributed by atoms with Crippen molar-refractivity contribution >= 4 is 11.9 Å². The third kappa shape index (κ3) is 2.57. The maximum absolute atomic E-state index is 11.3. The fourth-order valence-corrected chi connectivity index (χ4v) is 1.22. The van der Waals surface area contributed by atoms with Gasteiger partial charge in [0.15, 0.2) is 0 Å². The summed E-state index contributed by atoms with van der Waals surface area (Å²) in [5.41, 5.74) is 0. The summed E-state index contributed by atoms with van der Waals surface area (Å²) in [5, 5.41) is 11.0. The van der Waals surface area contributed by atoms with E-state index in [2.05, 4.69) is 5.32 Å². The normalized spacial score (nSPS) is 18.5. The van der Waals surface area contributed by atoms with Gasteiger partial charge in [-0.05, 0) is 19.8 Å². The predicted molar refractivity (Wildman–Crippen MR) is 47.1 cm³/mol. The lowest BCUT2D eigenvalue weighted by atomic mass is 10.1. The molecule has 1 aliphatic carbocycles. The third-order valence-electron chi connectivity index (χ3n) is 2.11. The van der Waals surface area contributed by atoms with Crippen molar-refractivity contribution in [3.63, 3.8) is 0 Å². The van der Waals surface area contributed by atoms with E-state index < -0.39 is 12.0 Å². The number of hydrogen-bond donors (Lipinski definition) is 2. The summed E-state index contributed by atoms with van der Waals surface area (Å²) >= 11 is 0. The summed E-state index contributed by atoms with van der Waals surface area (Å²) in [5.74, 6) is -1.24. The molecule has 0 aliphatic heterocycles. The van der Waals surface area contributed by atoms with E-state index in [0.29, 0.717) is 0 Å². The Morgan fingerprint density at radius 1 is 1.46 bits per heavy atom. The minimum Gasteiger partial charge on any atom is -0.480 e. The van der Waals surface area contributed by atoms with Crippen molar-refractivity contribution in [3.8, 4) is 0 Å². The van der Waals surface area contributed by atoms with Crippen LogP contribution in [0.2, 0.25) is 0 Å². The van der Waals surface area contributed by atoms with Crippen LogP contribution in [0.3, 0.4) is 0 Å². The van der Waals surface area contributed by atoms with Crippen molar-refractivity contribution in [3.05, 3.63) is 12.2 Å². The van der Waals surface area contributed by atoms with Gasteiger partial charge in [-0.15, -0.1) is 0 Å². The van der Waals surface area contributed by atoms with E-state index in [-0.39, 0.29) is 11.8 Å². The van der Waals surface area contributed by atoms with E-state index in [1.807, 2.05) is 12.2 Å². The molecule has 0 radical (unpaired) electrons. The fraction of sp³-hybridized carbons (Fsp3) is 0.556. The van der Waals surface area contributed by atoms with Crippen molar-refractivity contribution in [2.24, 2.45) is 5.92 Å². The van der Waals surface area contributed by atoms with Crippen LogP contribution >= 0.6 is 0 Å². The highest BCUT2D eigenvalue weighted by atomic mass is 16.4. The number of carbonyl (C=O) groups is 2. The molecule has 1 rings (SSSR count). The Bertz CT molecular complexity index is 239. The summed E-state index contributed by atoms with van der Waals surface area (Å²) in [4.78, 5) is 21.8. The van der Waals surface area contributed by atoms with Gasteiger partial charge in [-0.3, -0.25) is 9.59 Å². The fourth-order valence-electron chi connectivity index (χ4n) is 1.22. The average Bonchev–Trinajstić information content (AvgIpc) is 2.55. The van der Waals surface area contributed by atoms with Crippen molar-refractivity contribution in [2.75, 3.05) is 0 Å². The summed E-state index contributed by atoms with van der Waals surface area (Å²) in [6.07, 6.45) is 5.32. The Kier molecular flexibility index (Phi) is 3.06. The van der Waals surface area contributed by atoms with Crippen LogP contribution in [0.15, 0.2) is 12.2 Å². The first-order valence-corrected chi connectivity index (χ1v) is 4.29. The lowest BCUT2D eigenvalue weighted by Crippen LogP contribution is -2.41. The Morgan fingerprint density at radius 3 is 2.46 bits per heavy atom. The Balaban J connectivity index is 2.36. The van der Waals surface area contributed by atoms with E-state index in [1.54, 1.807) is 0 Å². The number of allylic oxidation sites excluding steroid dienone is 2. The van der Waals surface area contributed by atoms with Gasteiger partial charge in [-0.1, -0.05) is 12.2 Å². The van der Waals surface area contributed by atoms with E-state index in [1.165, 1.54) is 6.92 Å². The zero-order valence-electron chi connectivity index (χ0n) is 7.49. The lowest BCUT2D eigenvalue weighted by Gasteiger charge is -2.13. The molecule has 0 spiro atoms. The second-order valence-corrected chi connectivity index (χ2v) is 3.21. The molecular weight excluding hydrogens is 170 g/mol. The van der Waals surface area contributed by atoms with Gasteiger partial charge in [0.2, 0.25) is 5.91 Å². The monoisotopic (exact) mass is 183 g/mol. The molecule has 72 valence electrons.